The number of nitrogens with one attached hydrogen (secondary N) is 1. The van der Waals surface area contributed by atoms with Gasteiger partial charge in [0.05, 0.1) is 16.6 Å². The van der Waals surface area contributed by atoms with E-state index in [4.69, 9.17) is 4.74 Å². The summed E-state index contributed by atoms with van der Waals surface area (Å²) in [6, 6.07) is 28.4. The quantitative estimate of drug-likeness (QED) is 0.290. The number of aromatic amines is 1. The van der Waals surface area contributed by atoms with Gasteiger partial charge in [0.15, 0.2) is 0 Å². The van der Waals surface area contributed by atoms with Crippen LogP contribution in [0.25, 0.3) is 21.9 Å². The molecule has 0 saturated carbocycles. The molecule has 2 aromatic heterocycles. The molecule has 1 N–H and O–H groups in total. The van der Waals surface area contributed by atoms with Crippen LogP contribution in [0.2, 0.25) is 0 Å². The first-order chi connectivity index (χ1) is 19.7. The minimum Gasteiger partial charge on any atom is -0.448 e. The lowest BCUT2D eigenvalue weighted by molar-refractivity contribution is 0.0770. The Morgan fingerprint density at radius 2 is 1.68 bits per heavy atom. The van der Waals surface area contributed by atoms with Gasteiger partial charge < -0.3 is 14.6 Å². The van der Waals surface area contributed by atoms with Crippen LogP contribution in [0, 0.1) is 0 Å². The number of hydrogen-bond donors (Lipinski definition) is 1. The van der Waals surface area contributed by atoms with Gasteiger partial charge in [0.1, 0.15) is 6.61 Å². The number of pyridine rings is 1. The van der Waals surface area contributed by atoms with Crippen molar-refractivity contribution in [3.63, 3.8) is 0 Å². The summed E-state index contributed by atoms with van der Waals surface area (Å²) < 4.78 is 7.59. The number of hydrogen-bond acceptors (Lipinski definition) is 5. The van der Waals surface area contributed by atoms with Crippen molar-refractivity contribution in [1.82, 2.24) is 24.3 Å². The molecule has 0 bridgehead atoms. The summed E-state index contributed by atoms with van der Waals surface area (Å²) >= 11 is 0. The van der Waals surface area contributed by atoms with Crippen LogP contribution in [0.1, 0.15) is 30.0 Å². The van der Waals surface area contributed by atoms with Gasteiger partial charge in [0, 0.05) is 50.3 Å². The van der Waals surface area contributed by atoms with Crippen LogP contribution in [0.15, 0.2) is 95.9 Å². The molecule has 40 heavy (non-hydrogen) atoms. The van der Waals surface area contributed by atoms with Crippen LogP contribution in [0.3, 0.4) is 0 Å². The monoisotopic (exact) mass is 535 g/mol. The summed E-state index contributed by atoms with van der Waals surface area (Å²) in [5.41, 5.74) is 5.04. The van der Waals surface area contributed by atoms with E-state index in [0.717, 1.165) is 35.0 Å². The number of piperidine rings is 1. The van der Waals surface area contributed by atoms with Crippen LogP contribution in [0.4, 0.5) is 4.79 Å². The van der Waals surface area contributed by atoms with E-state index in [2.05, 4.69) is 39.1 Å². The molecular formula is C32H33N5O3. The Morgan fingerprint density at radius 3 is 2.52 bits per heavy atom. The molecular weight excluding hydrogens is 502 g/mol. The summed E-state index contributed by atoms with van der Waals surface area (Å²) in [6.45, 7) is 3.51. The van der Waals surface area contributed by atoms with E-state index in [9.17, 15) is 9.59 Å². The maximum absolute atomic E-state index is 12.9. The minimum atomic E-state index is -0.293. The molecule has 3 heterocycles. The number of likely N-dealkylation sites (tertiary alicyclic amines) is 1. The number of rotatable bonds is 8. The van der Waals surface area contributed by atoms with Crippen LogP contribution >= 0.6 is 0 Å². The Kier molecular flexibility index (Phi) is 7.59. The molecule has 0 atom stereocenters. The van der Waals surface area contributed by atoms with Crippen LogP contribution in [-0.4, -0.2) is 56.7 Å². The number of nitrogens with zero attached hydrogens (tertiary/aromatic N) is 4. The molecule has 6 rings (SSSR count). The first kappa shape index (κ1) is 25.8. The molecule has 8 heteroatoms. The van der Waals surface area contributed by atoms with Crippen LogP contribution < -0.4 is 5.69 Å². The molecule has 1 fully saturated rings. The molecule has 8 nitrogen and oxygen atoms in total. The predicted octanol–water partition coefficient (Wildman–Crippen LogP) is 5.35. The van der Waals surface area contributed by atoms with Gasteiger partial charge in [0.25, 0.3) is 0 Å². The van der Waals surface area contributed by atoms with Gasteiger partial charge in [-0.15, -0.1) is 0 Å². The Balaban J connectivity index is 1.07. The molecule has 0 radical (unpaired) electrons. The van der Waals surface area contributed by atoms with Gasteiger partial charge in [-0.05, 0) is 48.2 Å². The fourth-order valence-corrected chi connectivity index (χ4v) is 5.69. The predicted molar refractivity (Wildman–Crippen MR) is 156 cm³/mol. The average Bonchev–Trinajstić information content (AvgIpc) is 3.33. The lowest BCUT2D eigenvalue weighted by Gasteiger charge is -2.32. The maximum Gasteiger partial charge on any atom is 0.409 e. The summed E-state index contributed by atoms with van der Waals surface area (Å²) in [5, 5.41) is 1.14. The molecule has 204 valence electrons. The fourth-order valence-electron chi connectivity index (χ4n) is 5.69. The third kappa shape index (κ3) is 5.62. The summed E-state index contributed by atoms with van der Waals surface area (Å²) in [7, 11) is 0. The van der Waals surface area contributed by atoms with E-state index in [-0.39, 0.29) is 17.8 Å². The van der Waals surface area contributed by atoms with Gasteiger partial charge in [0.2, 0.25) is 0 Å². The van der Waals surface area contributed by atoms with Crippen LogP contribution in [-0.2, 0) is 17.8 Å². The number of amides is 1. The summed E-state index contributed by atoms with van der Waals surface area (Å²) in [4.78, 5) is 37.0. The largest absolute Gasteiger partial charge is 0.448 e. The van der Waals surface area contributed by atoms with E-state index < -0.39 is 0 Å². The van der Waals surface area contributed by atoms with Crippen LogP contribution in [0.5, 0.6) is 0 Å². The highest BCUT2D eigenvalue weighted by molar-refractivity contribution is 5.81. The number of ether oxygens (including phenoxy) is 1. The fraction of sp³-hybridized carbons (Fsp3) is 0.281. The number of aromatic nitrogens is 3. The lowest BCUT2D eigenvalue weighted by Crippen LogP contribution is -2.41. The lowest BCUT2D eigenvalue weighted by atomic mass is 10.0. The Bertz CT molecular complexity index is 1650. The minimum absolute atomic E-state index is 0.0595. The number of H-pyrrole nitrogens is 1. The molecule has 5 aromatic rings. The zero-order valence-electron chi connectivity index (χ0n) is 22.4. The number of carbonyl (C=O) groups is 1. The standard InChI is InChI=1S/C32H33N5O3/c38-31-34-29-12-6-7-13-30(29)37(31)26-15-18-36(19-16-26)32(39)40-21-20-35(22-24-8-2-1-3-9-24)23-25-14-17-33-28-11-5-4-10-27(25)28/h1-14,17,26H,15-16,18-23H2,(H,34,38). The van der Waals surface area contributed by atoms with Gasteiger partial charge >= 0.3 is 11.8 Å². The van der Waals surface area contributed by atoms with Crippen molar-refractivity contribution in [3.05, 3.63) is 113 Å². The highest BCUT2D eigenvalue weighted by Crippen LogP contribution is 2.25. The van der Waals surface area contributed by atoms with Crippen molar-refractivity contribution in [2.24, 2.45) is 0 Å². The first-order valence-corrected chi connectivity index (χ1v) is 13.9. The SMILES string of the molecule is O=C(OCCN(Cc1ccccc1)Cc1ccnc2ccccc12)N1CCC(n2c(=O)[nH]c3ccccc32)CC1. The first-order valence-electron chi connectivity index (χ1n) is 13.9. The topological polar surface area (TPSA) is 83.5 Å². The normalized spacial score (nSPS) is 14.3. The Hall–Kier alpha value is -4.43. The highest BCUT2D eigenvalue weighted by Gasteiger charge is 2.27. The molecule has 0 spiro atoms. The molecule has 3 aromatic carbocycles. The third-order valence-corrected chi connectivity index (χ3v) is 7.73. The van der Waals surface area contributed by atoms with Crippen molar-refractivity contribution in [1.29, 1.82) is 0 Å². The Morgan fingerprint density at radius 1 is 0.925 bits per heavy atom. The van der Waals surface area contributed by atoms with Gasteiger partial charge in [-0.3, -0.25) is 14.5 Å². The van der Waals surface area contributed by atoms with E-state index >= 15 is 0 Å². The van der Waals surface area contributed by atoms with E-state index in [1.165, 1.54) is 11.1 Å². The van der Waals surface area contributed by atoms with E-state index in [0.29, 0.717) is 39.1 Å². The Labute approximate surface area is 232 Å². The zero-order chi connectivity index (χ0) is 27.3. The highest BCUT2D eigenvalue weighted by atomic mass is 16.6. The summed E-state index contributed by atoms with van der Waals surface area (Å²) in [5.74, 6) is 0. The van der Waals surface area contributed by atoms with Gasteiger partial charge in [-0.1, -0.05) is 60.7 Å². The number of carbonyl (C=O) groups excluding carboxylic acids is 1. The second-order valence-corrected chi connectivity index (χ2v) is 10.3. The number of para-hydroxylation sites is 3. The van der Waals surface area contributed by atoms with Crippen molar-refractivity contribution in [2.45, 2.75) is 32.0 Å². The molecule has 1 aliphatic rings. The van der Waals surface area contributed by atoms with Gasteiger partial charge in [-0.2, -0.15) is 0 Å². The van der Waals surface area contributed by atoms with Crippen molar-refractivity contribution in [2.75, 3.05) is 26.2 Å². The molecule has 1 amide bonds. The second kappa shape index (κ2) is 11.8. The summed E-state index contributed by atoms with van der Waals surface area (Å²) in [6.07, 6.45) is 2.99. The maximum atomic E-state index is 12.9. The smallest absolute Gasteiger partial charge is 0.409 e. The van der Waals surface area contributed by atoms with Crippen molar-refractivity contribution < 1.29 is 9.53 Å². The average molecular weight is 536 g/mol. The molecule has 1 saturated heterocycles. The molecule has 0 aliphatic carbocycles. The van der Waals surface area contributed by atoms with Crippen molar-refractivity contribution in [3.8, 4) is 0 Å². The molecule has 1 aliphatic heterocycles. The zero-order valence-corrected chi connectivity index (χ0v) is 22.4. The number of benzene rings is 3. The third-order valence-electron chi connectivity index (χ3n) is 7.73. The molecule has 0 unspecified atom stereocenters. The van der Waals surface area contributed by atoms with E-state index in [1.54, 1.807) is 4.90 Å². The van der Waals surface area contributed by atoms with Gasteiger partial charge in [-0.25, -0.2) is 9.59 Å². The number of fused-ring (bicyclic) bond motifs is 2. The number of imidazole rings is 1. The van der Waals surface area contributed by atoms with Crippen molar-refractivity contribution >= 4 is 28.0 Å². The van der Waals surface area contributed by atoms with E-state index in [1.807, 2.05) is 71.4 Å². The second-order valence-electron chi connectivity index (χ2n) is 10.3.